The van der Waals surface area contributed by atoms with Gasteiger partial charge in [-0.05, 0) is 30.7 Å². The second-order valence-electron chi connectivity index (χ2n) is 6.59. The first-order valence-corrected chi connectivity index (χ1v) is 7.52. The Kier molecular flexibility index (Phi) is 4.35. The topological polar surface area (TPSA) is 49.4 Å². The van der Waals surface area contributed by atoms with Gasteiger partial charge in [0.1, 0.15) is 5.54 Å². The number of amides is 3. The number of rotatable bonds is 5. The number of nitrogens with one attached hydrogen (secondary N) is 1. The van der Waals surface area contributed by atoms with Crippen LogP contribution in [0.1, 0.15) is 45.6 Å². The van der Waals surface area contributed by atoms with Gasteiger partial charge in [-0.15, -0.1) is 0 Å². The minimum Gasteiger partial charge on any atom is -0.323 e. The molecule has 1 aliphatic rings. The first-order chi connectivity index (χ1) is 9.83. The molecule has 0 radical (unpaired) electrons. The Morgan fingerprint density at radius 1 is 1.14 bits per heavy atom. The second-order valence-corrected chi connectivity index (χ2v) is 6.59. The van der Waals surface area contributed by atoms with E-state index in [9.17, 15) is 9.59 Å². The van der Waals surface area contributed by atoms with Crippen LogP contribution in [0.25, 0.3) is 0 Å². The average Bonchev–Trinajstić information content (AvgIpc) is 2.62. The Morgan fingerprint density at radius 2 is 1.76 bits per heavy atom. The summed E-state index contributed by atoms with van der Waals surface area (Å²) in [5.74, 6) is 0.372. The van der Waals surface area contributed by atoms with Crippen LogP contribution in [0.3, 0.4) is 0 Å². The van der Waals surface area contributed by atoms with E-state index in [2.05, 4.69) is 19.2 Å². The van der Waals surface area contributed by atoms with Crippen LogP contribution in [-0.2, 0) is 4.79 Å². The van der Waals surface area contributed by atoms with E-state index in [1.54, 1.807) is 0 Å². The molecule has 2 atom stereocenters. The van der Waals surface area contributed by atoms with Gasteiger partial charge in [-0.2, -0.15) is 0 Å². The summed E-state index contributed by atoms with van der Waals surface area (Å²) in [5, 5.41) is 2.86. The number of hydrogen-bond acceptors (Lipinski definition) is 2. The number of carbonyl (C=O) groups is 2. The van der Waals surface area contributed by atoms with Crippen molar-refractivity contribution in [3.63, 3.8) is 0 Å². The van der Waals surface area contributed by atoms with Crippen molar-refractivity contribution in [3.05, 3.63) is 35.9 Å². The molecule has 0 spiro atoms. The van der Waals surface area contributed by atoms with Crippen molar-refractivity contribution >= 4 is 11.9 Å². The van der Waals surface area contributed by atoms with Crippen LogP contribution >= 0.6 is 0 Å². The molecule has 1 N–H and O–H groups in total. The highest BCUT2D eigenvalue weighted by Gasteiger charge is 2.47. The van der Waals surface area contributed by atoms with Crippen LogP contribution in [0.2, 0.25) is 0 Å². The van der Waals surface area contributed by atoms with E-state index in [1.165, 1.54) is 4.90 Å². The third kappa shape index (κ3) is 3.26. The molecule has 0 saturated carbocycles. The van der Waals surface area contributed by atoms with Gasteiger partial charge in [-0.25, -0.2) is 4.79 Å². The Balaban J connectivity index is 2.11. The van der Waals surface area contributed by atoms with Gasteiger partial charge in [0, 0.05) is 6.54 Å². The standard InChI is InChI=1S/C17H24N2O2/c1-12(2)10-17(4)15(20)19(16(21)18-17)11-13(3)14-8-6-5-7-9-14/h5-9,12-13H,10-11H2,1-4H3,(H,18,21). The Bertz CT molecular complexity index is 527. The molecular weight excluding hydrogens is 264 g/mol. The summed E-state index contributed by atoms with van der Waals surface area (Å²) in [6.07, 6.45) is 0.661. The minimum atomic E-state index is -0.762. The van der Waals surface area contributed by atoms with Crippen LogP contribution in [-0.4, -0.2) is 28.9 Å². The SMILES string of the molecule is CC(C)CC1(C)NC(=O)N(CC(C)c2ccccc2)C1=O. The lowest BCUT2D eigenvalue weighted by molar-refractivity contribution is -0.131. The summed E-state index contributed by atoms with van der Waals surface area (Å²) >= 11 is 0. The predicted octanol–water partition coefficient (Wildman–Crippen LogP) is 3.15. The fourth-order valence-electron chi connectivity index (χ4n) is 3.03. The highest BCUT2D eigenvalue weighted by molar-refractivity contribution is 6.06. The molecule has 4 heteroatoms. The maximum Gasteiger partial charge on any atom is 0.325 e. The van der Waals surface area contributed by atoms with E-state index in [-0.39, 0.29) is 17.9 Å². The van der Waals surface area contributed by atoms with Crippen LogP contribution in [0.15, 0.2) is 30.3 Å². The Labute approximate surface area is 126 Å². The molecule has 1 fully saturated rings. The maximum absolute atomic E-state index is 12.6. The first-order valence-electron chi connectivity index (χ1n) is 7.52. The summed E-state index contributed by atoms with van der Waals surface area (Å²) in [5.41, 5.74) is 0.373. The molecule has 1 aromatic carbocycles. The molecule has 0 aromatic heterocycles. The number of hydrogen-bond donors (Lipinski definition) is 1. The molecule has 2 unspecified atom stereocenters. The van der Waals surface area contributed by atoms with E-state index in [0.29, 0.717) is 18.9 Å². The molecule has 0 aliphatic carbocycles. The van der Waals surface area contributed by atoms with Gasteiger partial charge in [0.2, 0.25) is 0 Å². The minimum absolute atomic E-state index is 0.107. The molecular formula is C17H24N2O2. The van der Waals surface area contributed by atoms with Crippen LogP contribution in [0.4, 0.5) is 4.79 Å². The van der Waals surface area contributed by atoms with Gasteiger partial charge < -0.3 is 5.32 Å². The second kappa shape index (κ2) is 5.88. The van der Waals surface area contributed by atoms with Crippen LogP contribution in [0, 0.1) is 5.92 Å². The van der Waals surface area contributed by atoms with Gasteiger partial charge in [0.25, 0.3) is 5.91 Å². The monoisotopic (exact) mass is 288 g/mol. The number of carbonyl (C=O) groups excluding carboxylic acids is 2. The lowest BCUT2D eigenvalue weighted by Crippen LogP contribution is -2.45. The molecule has 21 heavy (non-hydrogen) atoms. The lowest BCUT2D eigenvalue weighted by Gasteiger charge is -2.24. The van der Waals surface area contributed by atoms with E-state index >= 15 is 0 Å². The molecule has 114 valence electrons. The molecule has 2 rings (SSSR count). The van der Waals surface area contributed by atoms with E-state index in [1.807, 2.05) is 44.2 Å². The molecule has 4 nitrogen and oxygen atoms in total. The third-order valence-electron chi connectivity index (χ3n) is 3.99. The summed E-state index contributed by atoms with van der Waals surface area (Å²) in [6, 6.07) is 9.68. The van der Waals surface area contributed by atoms with Crippen molar-refractivity contribution in [3.8, 4) is 0 Å². The lowest BCUT2D eigenvalue weighted by atomic mass is 9.90. The summed E-state index contributed by atoms with van der Waals surface area (Å²) in [6.45, 7) is 8.39. The molecule has 0 bridgehead atoms. The number of urea groups is 1. The van der Waals surface area contributed by atoms with Crippen molar-refractivity contribution in [2.75, 3.05) is 6.54 Å². The van der Waals surface area contributed by atoms with Crippen LogP contribution < -0.4 is 5.32 Å². The largest absolute Gasteiger partial charge is 0.325 e. The highest BCUT2D eigenvalue weighted by Crippen LogP contribution is 2.27. The molecule has 1 aromatic rings. The fourth-order valence-corrected chi connectivity index (χ4v) is 3.03. The van der Waals surface area contributed by atoms with E-state index in [0.717, 1.165) is 5.56 Å². The summed E-state index contributed by atoms with van der Waals surface area (Å²) in [4.78, 5) is 26.1. The number of imide groups is 1. The van der Waals surface area contributed by atoms with Crippen LogP contribution in [0.5, 0.6) is 0 Å². The molecule has 3 amide bonds. The molecule has 1 heterocycles. The quantitative estimate of drug-likeness (QED) is 0.846. The first kappa shape index (κ1) is 15.5. The van der Waals surface area contributed by atoms with Gasteiger partial charge in [0.15, 0.2) is 0 Å². The van der Waals surface area contributed by atoms with Crippen molar-refractivity contribution in [2.24, 2.45) is 5.92 Å². The van der Waals surface area contributed by atoms with Gasteiger partial charge in [-0.1, -0.05) is 51.1 Å². The zero-order chi connectivity index (χ0) is 15.6. The zero-order valence-electron chi connectivity index (χ0n) is 13.2. The van der Waals surface area contributed by atoms with Crippen molar-refractivity contribution in [1.82, 2.24) is 10.2 Å². The number of nitrogens with zero attached hydrogens (tertiary/aromatic N) is 1. The number of benzene rings is 1. The van der Waals surface area contributed by atoms with Crippen molar-refractivity contribution < 1.29 is 9.59 Å². The summed E-state index contributed by atoms with van der Waals surface area (Å²) in [7, 11) is 0. The highest BCUT2D eigenvalue weighted by atomic mass is 16.2. The van der Waals surface area contributed by atoms with E-state index in [4.69, 9.17) is 0 Å². The van der Waals surface area contributed by atoms with Gasteiger partial charge >= 0.3 is 6.03 Å². The third-order valence-corrected chi connectivity index (χ3v) is 3.99. The molecule has 1 aliphatic heterocycles. The van der Waals surface area contributed by atoms with Crippen molar-refractivity contribution in [1.29, 1.82) is 0 Å². The summed E-state index contributed by atoms with van der Waals surface area (Å²) < 4.78 is 0. The van der Waals surface area contributed by atoms with E-state index < -0.39 is 5.54 Å². The van der Waals surface area contributed by atoms with Crippen molar-refractivity contribution in [2.45, 2.75) is 45.6 Å². The Morgan fingerprint density at radius 3 is 2.33 bits per heavy atom. The van der Waals surface area contributed by atoms with Gasteiger partial charge in [0.05, 0.1) is 0 Å². The average molecular weight is 288 g/mol. The zero-order valence-corrected chi connectivity index (χ0v) is 13.2. The normalized spacial score (nSPS) is 23.6. The smallest absolute Gasteiger partial charge is 0.323 e. The molecule has 1 saturated heterocycles. The predicted molar refractivity (Wildman–Crippen MR) is 83.0 cm³/mol. The van der Waals surface area contributed by atoms with Gasteiger partial charge in [-0.3, -0.25) is 9.69 Å². The Hall–Kier alpha value is -1.84. The maximum atomic E-state index is 12.6. The fraction of sp³-hybridized carbons (Fsp3) is 0.529.